The molecule has 1 atom stereocenters. The van der Waals surface area contributed by atoms with Gasteiger partial charge in [0.15, 0.2) is 5.16 Å². The summed E-state index contributed by atoms with van der Waals surface area (Å²) < 4.78 is 14.9. The van der Waals surface area contributed by atoms with Crippen LogP contribution < -0.4 is 0 Å². The van der Waals surface area contributed by atoms with Crippen molar-refractivity contribution in [2.24, 2.45) is 0 Å². The van der Waals surface area contributed by atoms with Crippen molar-refractivity contribution in [2.75, 3.05) is 0 Å². The summed E-state index contributed by atoms with van der Waals surface area (Å²) in [6, 6.07) is 6.03. The average molecular weight is 322 g/mol. The average Bonchev–Trinajstić information content (AvgIpc) is 2.94. The Hall–Kier alpha value is -1.82. The highest BCUT2D eigenvalue weighted by Crippen LogP contribution is 2.51. The van der Waals surface area contributed by atoms with Crippen molar-refractivity contribution < 1.29 is 14.3 Å². The van der Waals surface area contributed by atoms with E-state index in [0.29, 0.717) is 5.16 Å². The van der Waals surface area contributed by atoms with E-state index in [1.165, 1.54) is 30.1 Å². The molecule has 1 aromatic heterocycles. The van der Waals surface area contributed by atoms with E-state index < -0.39 is 5.97 Å². The van der Waals surface area contributed by atoms with Crippen molar-refractivity contribution in [3.05, 3.63) is 47.5 Å². The van der Waals surface area contributed by atoms with Crippen LogP contribution in [-0.2, 0) is 0 Å². The molecule has 6 heteroatoms. The van der Waals surface area contributed by atoms with Gasteiger partial charge in [0.1, 0.15) is 11.5 Å². The molecule has 0 radical (unpaired) electrons. The van der Waals surface area contributed by atoms with Crippen molar-refractivity contribution >= 4 is 17.7 Å². The maximum atomic E-state index is 13.5. The number of nitrogens with zero attached hydrogens (tertiary/aromatic N) is 2. The Morgan fingerprint density at radius 1 is 1.41 bits per heavy atom. The zero-order valence-electron chi connectivity index (χ0n) is 13.0. The van der Waals surface area contributed by atoms with Crippen molar-refractivity contribution in [3.8, 4) is 0 Å². The van der Waals surface area contributed by atoms with Crippen LogP contribution in [0.3, 0.4) is 0 Å². The molecule has 2 aromatic rings. The third kappa shape index (κ3) is 2.75. The summed E-state index contributed by atoms with van der Waals surface area (Å²) in [5.74, 6) is -1.35. The van der Waals surface area contributed by atoms with Crippen LogP contribution in [0.25, 0.3) is 0 Å². The maximum absolute atomic E-state index is 13.5. The first kappa shape index (κ1) is 16.5. The number of halogens is 1. The van der Waals surface area contributed by atoms with Crippen molar-refractivity contribution in [3.63, 3.8) is 0 Å². The molecule has 1 aliphatic rings. The van der Waals surface area contributed by atoms with Crippen molar-refractivity contribution in [1.82, 2.24) is 9.55 Å². The molecule has 3 rings (SSSR count). The number of carboxylic acids is 1. The Kier molecular flexibility index (Phi) is 4.60. The smallest absolute Gasteiger partial charge is 0.354 e. The number of rotatable bonds is 2. The topological polar surface area (TPSA) is 55.1 Å². The standard InChI is InChI=1S/C14H13FN2O2S.C2H6/c1-14(2)11(8-4-3-5-9(15)6-8)17-10(12(18)19)7-16-13(17)20-14;1-2/h3-7,11H,1-2H3,(H,18,19);1-2H3. The van der Waals surface area contributed by atoms with Crippen LogP contribution in [0, 0.1) is 5.82 Å². The molecule has 0 aliphatic carbocycles. The van der Waals surface area contributed by atoms with E-state index >= 15 is 0 Å². The van der Waals surface area contributed by atoms with Crippen LogP contribution in [0.4, 0.5) is 4.39 Å². The molecule has 0 saturated carbocycles. The summed E-state index contributed by atoms with van der Waals surface area (Å²) in [4.78, 5) is 15.5. The lowest BCUT2D eigenvalue weighted by Gasteiger charge is -2.27. The molecule has 1 aliphatic heterocycles. The number of carboxylic acid groups (broad SMARTS) is 1. The number of carbonyl (C=O) groups is 1. The molecule has 1 aromatic carbocycles. The van der Waals surface area contributed by atoms with Gasteiger partial charge in [0.25, 0.3) is 0 Å². The second-order valence-corrected chi connectivity index (χ2v) is 6.89. The van der Waals surface area contributed by atoms with Crippen LogP contribution in [0.5, 0.6) is 0 Å². The minimum atomic E-state index is -1.02. The third-order valence-electron chi connectivity index (χ3n) is 3.42. The molecule has 0 amide bonds. The summed E-state index contributed by atoms with van der Waals surface area (Å²) >= 11 is 1.51. The lowest BCUT2D eigenvalue weighted by molar-refractivity contribution is 0.0682. The van der Waals surface area contributed by atoms with Gasteiger partial charge in [-0.05, 0) is 31.5 Å². The highest BCUT2D eigenvalue weighted by atomic mass is 32.2. The van der Waals surface area contributed by atoms with E-state index in [0.717, 1.165) is 5.56 Å². The number of aromatic nitrogens is 2. The normalized spacial score (nSPS) is 18.3. The highest BCUT2D eigenvalue weighted by molar-refractivity contribution is 8.00. The van der Waals surface area contributed by atoms with Crippen LogP contribution in [0.15, 0.2) is 35.6 Å². The third-order valence-corrected chi connectivity index (χ3v) is 4.65. The van der Waals surface area contributed by atoms with Gasteiger partial charge in [-0.15, -0.1) is 0 Å². The second kappa shape index (κ2) is 6.12. The molecule has 0 fully saturated rings. The lowest BCUT2D eigenvalue weighted by atomic mass is 9.94. The van der Waals surface area contributed by atoms with Gasteiger partial charge in [-0.2, -0.15) is 0 Å². The predicted molar refractivity (Wildman–Crippen MR) is 85.0 cm³/mol. The summed E-state index contributed by atoms with van der Waals surface area (Å²) in [5.41, 5.74) is 0.883. The zero-order chi connectivity index (χ0) is 16.5. The molecule has 4 nitrogen and oxygen atoms in total. The van der Waals surface area contributed by atoms with E-state index in [1.807, 2.05) is 33.8 Å². The van der Waals surface area contributed by atoms with Gasteiger partial charge in [0.2, 0.25) is 0 Å². The van der Waals surface area contributed by atoms with Crippen LogP contribution in [0.1, 0.15) is 49.8 Å². The van der Waals surface area contributed by atoms with E-state index in [9.17, 15) is 14.3 Å². The summed E-state index contributed by atoms with van der Waals surface area (Å²) in [5, 5.41) is 9.94. The molecule has 1 N–H and O–H groups in total. The molecular formula is C16H19FN2O2S. The van der Waals surface area contributed by atoms with Crippen LogP contribution in [0.2, 0.25) is 0 Å². The SMILES string of the molecule is CC.CC1(C)Sc2ncc(C(=O)O)n2C1c1cccc(F)c1. The van der Waals surface area contributed by atoms with E-state index in [-0.39, 0.29) is 22.3 Å². The fraction of sp³-hybridized carbons (Fsp3) is 0.375. The minimum absolute atomic E-state index is 0.132. The quantitative estimate of drug-likeness (QED) is 0.899. The number of hydrogen-bond donors (Lipinski definition) is 1. The Morgan fingerprint density at radius 2 is 2.09 bits per heavy atom. The summed E-state index contributed by atoms with van der Waals surface area (Å²) in [6.45, 7) is 8.01. The number of hydrogen-bond acceptors (Lipinski definition) is 3. The first-order valence-electron chi connectivity index (χ1n) is 7.15. The number of benzene rings is 1. The predicted octanol–water partition coefficient (Wildman–Crippen LogP) is 4.22. The number of aromatic carboxylic acids is 1. The number of imidazole rings is 1. The fourth-order valence-corrected chi connectivity index (χ4v) is 3.89. The second-order valence-electron chi connectivity index (χ2n) is 5.26. The van der Waals surface area contributed by atoms with Gasteiger partial charge < -0.3 is 9.67 Å². The van der Waals surface area contributed by atoms with E-state index in [1.54, 1.807) is 10.6 Å². The molecular weight excluding hydrogens is 303 g/mol. The maximum Gasteiger partial charge on any atom is 0.354 e. The molecule has 22 heavy (non-hydrogen) atoms. The van der Waals surface area contributed by atoms with Crippen LogP contribution in [-0.4, -0.2) is 25.4 Å². The van der Waals surface area contributed by atoms with Crippen LogP contribution >= 0.6 is 11.8 Å². The van der Waals surface area contributed by atoms with E-state index in [2.05, 4.69) is 4.98 Å². The van der Waals surface area contributed by atoms with Gasteiger partial charge in [0, 0.05) is 4.75 Å². The lowest BCUT2D eigenvalue weighted by Crippen LogP contribution is -2.27. The molecule has 2 heterocycles. The first-order valence-corrected chi connectivity index (χ1v) is 7.97. The van der Waals surface area contributed by atoms with Crippen molar-refractivity contribution in [2.45, 2.75) is 43.6 Å². The fourth-order valence-electron chi connectivity index (χ4n) is 2.66. The molecule has 118 valence electrons. The Labute approximate surface area is 133 Å². The Bertz CT molecular complexity index is 697. The van der Waals surface area contributed by atoms with Gasteiger partial charge in [0.05, 0.1) is 12.2 Å². The monoisotopic (exact) mass is 322 g/mol. The zero-order valence-corrected chi connectivity index (χ0v) is 13.8. The molecule has 0 spiro atoms. The van der Waals surface area contributed by atoms with Gasteiger partial charge in [-0.25, -0.2) is 14.2 Å². The molecule has 1 unspecified atom stereocenters. The summed E-state index contributed by atoms with van der Waals surface area (Å²) in [6.07, 6.45) is 1.35. The van der Waals surface area contributed by atoms with E-state index in [4.69, 9.17) is 0 Å². The van der Waals surface area contributed by atoms with Crippen molar-refractivity contribution in [1.29, 1.82) is 0 Å². The van der Waals surface area contributed by atoms with Gasteiger partial charge in [-0.1, -0.05) is 37.7 Å². The van der Waals surface area contributed by atoms with Gasteiger partial charge >= 0.3 is 5.97 Å². The summed E-state index contributed by atoms with van der Waals surface area (Å²) in [7, 11) is 0. The Balaban J connectivity index is 0.000000847. The largest absolute Gasteiger partial charge is 0.477 e. The van der Waals surface area contributed by atoms with Gasteiger partial charge in [-0.3, -0.25) is 0 Å². The Morgan fingerprint density at radius 3 is 2.68 bits per heavy atom. The number of thioether (sulfide) groups is 1. The number of fused-ring (bicyclic) bond motifs is 1. The molecule has 0 bridgehead atoms. The molecule has 0 saturated heterocycles. The first-order chi connectivity index (χ1) is 10.4. The highest BCUT2D eigenvalue weighted by Gasteiger charge is 2.44. The minimum Gasteiger partial charge on any atom is -0.477 e.